The van der Waals surface area contributed by atoms with Crippen molar-refractivity contribution in [2.45, 2.75) is 19.9 Å². The number of benzene rings is 2. The molecule has 2 aromatic rings. The van der Waals surface area contributed by atoms with Gasteiger partial charge in [-0.2, -0.15) is 0 Å². The minimum absolute atomic E-state index is 0.0276. The molecule has 1 aliphatic rings. The van der Waals surface area contributed by atoms with Crippen molar-refractivity contribution >= 4 is 23.4 Å². The number of amides is 3. The largest absolute Gasteiger partial charge is 0.341 e. The number of anilines is 1. The summed E-state index contributed by atoms with van der Waals surface area (Å²) in [5, 5.41) is 0. The summed E-state index contributed by atoms with van der Waals surface area (Å²) in [6.45, 7) is 4.24. The Labute approximate surface area is 177 Å². The zero-order valence-electron chi connectivity index (χ0n) is 17.3. The standard InChI is InChI=1S/C23H28N4O3/c1-18(28)25-12-5-13-26(15-14-25)23(30)27(21-6-3-2-4-7-21)17-19-8-10-20(11-9-19)22(29)16-24/h2-4,6-11H,5,12-17,24H2,1H3. The lowest BCUT2D eigenvalue weighted by molar-refractivity contribution is -0.128. The van der Waals surface area contributed by atoms with Gasteiger partial charge in [-0.25, -0.2) is 4.79 Å². The summed E-state index contributed by atoms with van der Waals surface area (Å²) >= 11 is 0. The Balaban J connectivity index is 1.80. The fraction of sp³-hybridized carbons (Fsp3) is 0.348. The van der Waals surface area contributed by atoms with Crippen LogP contribution in [0.5, 0.6) is 0 Å². The van der Waals surface area contributed by atoms with Crippen LogP contribution in [0.3, 0.4) is 0 Å². The highest BCUT2D eigenvalue weighted by molar-refractivity contribution is 5.97. The van der Waals surface area contributed by atoms with Crippen LogP contribution in [-0.4, -0.2) is 60.2 Å². The van der Waals surface area contributed by atoms with Gasteiger partial charge in [0.2, 0.25) is 5.91 Å². The monoisotopic (exact) mass is 408 g/mol. The minimum Gasteiger partial charge on any atom is -0.341 e. The van der Waals surface area contributed by atoms with Crippen molar-refractivity contribution < 1.29 is 14.4 Å². The number of Topliss-reactive ketones (excluding diaryl/α,β-unsaturated/α-hetero) is 1. The first-order valence-corrected chi connectivity index (χ1v) is 10.2. The summed E-state index contributed by atoms with van der Waals surface area (Å²) in [6, 6.07) is 16.6. The van der Waals surface area contributed by atoms with Crippen LogP contribution < -0.4 is 10.6 Å². The number of hydrogen-bond donors (Lipinski definition) is 1. The summed E-state index contributed by atoms with van der Waals surface area (Å²) < 4.78 is 0. The summed E-state index contributed by atoms with van der Waals surface area (Å²) in [5.41, 5.74) is 7.72. The van der Waals surface area contributed by atoms with E-state index in [0.717, 1.165) is 17.7 Å². The molecule has 7 heteroatoms. The molecule has 7 nitrogen and oxygen atoms in total. The van der Waals surface area contributed by atoms with E-state index in [1.54, 1.807) is 28.9 Å². The van der Waals surface area contributed by atoms with E-state index < -0.39 is 0 Å². The second-order valence-electron chi connectivity index (χ2n) is 7.38. The maximum Gasteiger partial charge on any atom is 0.324 e. The highest BCUT2D eigenvalue weighted by Gasteiger charge is 2.25. The molecule has 158 valence electrons. The topological polar surface area (TPSA) is 87.0 Å². The third-order valence-corrected chi connectivity index (χ3v) is 5.31. The zero-order chi connectivity index (χ0) is 21.5. The van der Waals surface area contributed by atoms with Crippen molar-refractivity contribution in [1.82, 2.24) is 9.80 Å². The van der Waals surface area contributed by atoms with Gasteiger partial charge in [-0.3, -0.25) is 14.5 Å². The third kappa shape index (κ3) is 5.24. The maximum absolute atomic E-state index is 13.4. The molecule has 30 heavy (non-hydrogen) atoms. The fourth-order valence-electron chi connectivity index (χ4n) is 3.57. The van der Waals surface area contributed by atoms with Crippen molar-refractivity contribution in [2.24, 2.45) is 5.73 Å². The minimum atomic E-state index is -0.114. The van der Waals surface area contributed by atoms with Crippen molar-refractivity contribution in [3.8, 4) is 0 Å². The van der Waals surface area contributed by atoms with Crippen molar-refractivity contribution in [3.63, 3.8) is 0 Å². The van der Waals surface area contributed by atoms with Crippen LogP contribution in [-0.2, 0) is 11.3 Å². The zero-order valence-corrected chi connectivity index (χ0v) is 17.3. The molecule has 3 rings (SSSR count). The van der Waals surface area contributed by atoms with Crippen LogP contribution in [0.4, 0.5) is 10.5 Å². The molecule has 3 amide bonds. The van der Waals surface area contributed by atoms with E-state index in [0.29, 0.717) is 38.3 Å². The molecule has 0 spiro atoms. The Morgan fingerprint density at radius 2 is 1.53 bits per heavy atom. The van der Waals surface area contributed by atoms with E-state index in [-0.39, 0.29) is 24.3 Å². The lowest BCUT2D eigenvalue weighted by atomic mass is 10.1. The average molecular weight is 409 g/mol. The van der Waals surface area contributed by atoms with Crippen LogP contribution in [0.2, 0.25) is 0 Å². The number of hydrogen-bond acceptors (Lipinski definition) is 4. The predicted octanol–water partition coefficient (Wildman–Crippen LogP) is 2.51. The molecular weight excluding hydrogens is 380 g/mol. The fourth-order valence-corrected chi connectivity index (χ4v) is 3.57. The van der Waals surface area contributed by atoms with Crippen LogP contribution in [0.15, 0.2) is 54.6 Å². The third-order valence-electron chi connectivity index (χ3n) is 5.31. The number of nitrogens with two attached hydrogens (primary N) is 1. The van der Waals surface area contributed by atoms with Crippen LogP contribution in [0.25, 0.3) is 0 Å². The number of carbonyl (C=O) groups excluding carboxylic acids is 3. The van der Waals surface area contributed by atoms with E-state index in [9.17, 15) is 14.4 Å². The second kappa shape index (κ2) is 10.0. The van der Waals surface area contributed by atoms with Gasteiger partial charge in [-0.15, -0.1) is 0 Å². The second-order valence-corrected chi connectivity index (χ2v) is 7.38. The number of para-hydroxylation sites is 1. The summed E-state index contributed by atoms with van der Waals surface area (Å²) in [4.78, 5) is 42.2. The smallest absolute Gasteiger partial charge is 0.324 e. The first-order chi connectivity index (χ1) is 14.5. The molecule has 0 aromatic heterocycles. The highest BCUT2D eigenvalue weighted by atomic mass is 16.2. The Morgan fingerprint density at radius 3 is 2.17 bits per heavy atom. The number of ketones is 1. The molecule has 0 radical (unpaired) electrons. The number of nitrogens with zero attached hydrogens (tertiary/aromatic N) is 3. The predicted molar refractivity (Wildman–Crippen MR) is 116 cm³/mol. The molecule has 0 atom stereocenters. The SMILES string of the molecule is CC(=O)N1CCCN(C(=O)N(Cc2ccc(C(=O)CN)cc2)c2ccccc2)CC1. The summed E-state index contributed by atoms with van der Waals surface area (Å²) in [6.07, 6.45) is 0.754. The lowest BCUT2D eigenvalue weighted by Gasteiger charge is -2.30. The number of rotatable bonds is 5. The van der Waals surface area contributed by atoms with Gasteiger partial charge in [0.1, 0.15) is 0 Å². The van der Waals surface area contributed by atoms with Gasteiger partial charge in [0.05, 0.1) is 13.1 Å². The van der Waals surface area contributed by atoms with Gasteiger partial charge >= 0.3 is 6.03 Å². The molecule has 0 unspecified atom stereocenters. The molecule has 2 aromatic carbocycles. The van der Waals surface area contributed by atoms with Gasteiger partial charge < -0.3 is 15.5 Å². The first kappa shape index (κ1) is 21.5. The first-order valence-electron chi connectivity index (χ1n) is 10.2. The van der Waals surface area contributed by atoms with Gasteiger partial charge in [-0.05, 0) is 24.1 Å². The van der Waals surface area contributed by atoms with Crippen LogP contribution in [0, 0.1) is 0 Å². The molecule has 1 heterocycles. The van der Waals surface area contributed by atoms with Gasteiger partial charge in [0, 0.05) is 44.4 Å². The average Bonchev–Trinajstić information content (AvgIpc) is 3.04. The Kier molecular flexibility index (Phi) is 7.19. The van der Waals surface area contributed by atoms with Crippen molar-refractivity contribution in [1.29, 1.82) is 0 Å². The van der Waals surface area contributed by atoms with E-state index in [1.165, 1.54) is 0 Å². The van der Waals surface area contributed by atoms with Crippen molar-refractivity contribution in [3.05, 3.63) is 65.7 Å². The maximum atomic E-state index is 13.4. The van der Waals surface area contributed by atoms with Gasteiger partial charge in [0.25, 0.3) is 0 Å². The van der Waals surface area contributed by atoms with Gasteiger partial charge in [-0.1, -0.05) is 42.5 Å². The number of carbonyl (C=O) groups is 3. The molecule has 1 aliphatic heterocycles. The Morgan fingerprint density at radius 1 is 0.900 bits per heavy atom. The Hall–Kier alpha value is -3.19. The molecule has 0 aliphatic carbocycles. The molecule has 0 bridgehead atoms. The molecule has 1 saturated heterocycles. The molecule has 2 N–H and O–H groups in total. The summed E-state index contributed by atoms with van der Waals surface area (Å²) in [5.74, 6) is -0.0755. The number of urea groups is 1. The van der Waals surface area contributed by atoms with E-state index >= 15 is 0 Å². The molecular formula is C23H28N4O3. The lowest BCUT2D eigenvalue weighted by Crippen LogP contribution is -2.45. The van der Waals surface area contributed by atoms with Crippen molar-refractivity contribution in [2.75, 3.05) is 37.6 Å². The quantitative estimate of drug-likeness (QED) is 0.770. The van der Waals surface area contributed by atoms with E-state index in [4.69, 9.17) is 5.73 Å². The van der Waals surface area contributed by atoms with E-state index in [1.807, 2.05) is 47.4 Å². The van der Waals surface area contributed by atoms with Crippen LogP contribution >= 0.6 is 0 Å². The highest BCUT2D eigenvalue weighted by Crippen LogP contribution is 2.20. The Bertz CT molecular complexity index is 883. The van der Waals surface area contributed by atoms with Gasteiger partial charge in [0.15, 0.2) is 5.78 Å². The van der Waals surface area contributed by atoms with E-state index in [2.05, 4.69) is 0 Å². The van der Waals surface area contributed by atoms with Crippen LogP contribution in [0.1, 0.15) is 29.3 Å². The molecule has 0 saturated carbocycles. The normalized spacial score (nSPS) is 14.2. The summed E-state index contributed by atoms with van der Waals surface area (Å²) in [7, 11) is 0. The molecule has 1 fully saturated rings.